The highest BCUT2D eigenvalue weighted by atomic mass is 16.7. The molecule has 0 aromatic heterocycles. The maximum Gasteiger partial charge on any atom is 0.508 e. The standard InChI is InChI=1S/C27H35N3O3/c1-22(2)33-27(31)32-21-20-29-18-16-28(17-19-29)14-7-15-30-25-10-5-3-8-23(25)12-13-24-9-4-6-11-26(24)30/h3-6,8-13,22H,7,14-21H2,1-2H3. The highest BCUT2D eigenvalue weighted by Gasteiger charge is 2.20. The zero-order valence-corrected chi connectivity index (χ0v) is 19.8. The van der Waals surface area contributed by atoms with Crippen LogP contribution in [0.5, 0.6) is 0 Å². The summed E-state index contributed by atoms with van der Waals surface area (Å²) in [6.07, 6.45) is 4.83. The lowest BCUT2D eigenvalue weighted by Gasteiger charge is -2.35. The molecule has 2 heterocycles. The molecule has 0 amide bonds. The van der Waals surface area contributed by atoms with E-state index in [1.165, 1.54) is 22.5 Å². The summed E-state index contributed by atoms with van der Waals surface area (Å²) in [6.45, 7) is 11.0. The van der Waals surface area contributed by atoms with Crippen molar-refractivity contribution in [1.82, 2.24) is 9.80 Å². The van der Waals surface area contributed by atoms with Gasteiger partial charge in [-0.15, -0.1) is 0 Å². The lowest BCUT2D eigenvalue weighted by atomic mass is 10.1. The van der Waals surface area contributed by atoms with Crippen LogP contribution in [0, 0.1) is 0 Å². The van der Waals surface area contributed by atoms with Gasteiger partial charge in [-0.05, 0) is 50.1 Å². The number of fused-ring (bicyclic) bond motifs is 2. The number of benzene rings is 2. The summed E-state index contributed by atoms with van der Waals surface area (Å²) in [5.41, 5.74) is 5.09. The summed E-state index contributed by atoms with van der Waals surface area (Å²) in [5.74, 6) is 0. The summed E-state index contributed by atoms with van der Waals surface area (Å²) in [5, 5.41) is 0. The van der Waals surface area contributed by atoms with E-state index in [-0.39, 0.29) is 6.10 Å². The van der Waals surface area contributed by atoms with Crippen LogP contribution in [0.4, 0.5) is 16.2 Å². The highest BCUT2D eigenvalue weighted by molar-refractivity contribution is 5.88. The van der Waals surface area contributed by atoms with Gasteiger partial charge < -0.3 is 19.3 Å². The third-order valence-electron chi connectivity index (χ3n) is 6.18. The van der Waals surface area contributed by atoms with Gasteiger partial charge >= 0.3 is 6.16 Å². The van der Waals surface area contributed by atoms with E-state index in [1.807, 2.05) is 13.8 Å². The average molecular weight is 450 g/mol. The van der Waals surface area contributed by atoms with Crippen molar-refractivity contribution in [2.24, 2.45) is 0 Å². The second-order valence-electron chi connectivity index (χ2n) is 8.90. The second kappa shape index (κ2) is 11.3. The molecule has 176 valence electrons. The van der Waals surface area contributed by atoms with Crippen LogP contribution in [-0.4, -0.2) is 74.5 Å². The number of carbonyl (C=O) groups excluding carboxylic acids is 1. The number of nitrogens with zero attached hydrogens (tertiary/aromatic N) is 3. The first-order valence-electron chi connectivity index (χ1n) is 12.0. The van der Waals surface area contributed by atoms with Gasteiger partial charge in [0.1, 0.15) is 6.61 Å². The van der Waals surface area contributed by atoms with Gasteiger partial charge in [-0.1, -0.05) is 48.6 Å². The summed E-state index contributed by atoms with van der Waals surface area (Å²) in [6, 6.07) is 17.3. The fourth-order valence-corrected chi connectivity index (χ4v) is 4.47. The normalized spacial score (nSPS) is 16.3. The van der Waals surface area contributed by atoms with Crippen molar-refractivity contribution >= 4 is 29.7 Å². The largest absolute Gasteiger partial charge is 0.508 e. The Morgan fingerprint density at radius 1 is 0.818 bits per heavy atom. The van der Waals surface area contributed by atoms with Crippen LogP contribution in [0.15, 0.2) is 48.5 Å². The van der Waals surface area contributed by atoms with Crippen molar-refractivity contribution in [3.8, 4) is 0 Å². The minimum absolute atomic E-state index is 0.145. The van der Waals surface area contributed by atoms with Gasteiger partial charge in [0.15, 0.2) is 0 Å². The van der Waals surface area contributed by atoms with E-state index in [2.05, 4.69) is 75.4 Å². The summed E-state index contributed by atoms with van der Waals surface area (Å²) in [4.78, 5) is 18.9. The van der Waals surface area contributed by atoms with E-state index in [9.17, 15) is 4.79 Å². The number of piperazine rings is 1. The number of para-hydroxylation sites is 2. The molecule has 6 nitrogen and oxygen atoms in total. The zero-order valence-electron chi connectivity index (χ0n) is 19.8. The van der Waals surface area contributed by atoms with Crippen molar-refractivity contribution in [3.63, 3.8) is 0 Å². The number of hydrogen-bond acceptors (Lipinski definition) is 6. The Balaban J connectivity index is 1.24. The molecule has 1 saturated heterocycles. The molecule has 2 aromatic rings. The van der Waals surface area contributed by atoms with Crippen molar-refractivity contribution in [2.45, 2.75) is 26.4 Å². The van der Waals surface area contributed by atoms with Gasteiger partial charge in [-0.25, -0.2) is 4.79 Å². The van der Waals surface area contributed by atoms with E-state index in [0.717, 1.165) is 52.2 Å². The maximum atomic E-state index is 11.5. The van der Waals surface area contributed by atoms with Crippen LogP contribution in [-0.2, 0) is 9.47 Å². The molecule has 2 aliphatic heterocycles. The van der Waals surface area contributed by atoms with Crippen LogP contribution < -0.4 is 4.90 Å². The first-order valence-corrected chi connectivity index (χ1v) is 12.0. The van der Waals surface area contributed by atoms with E-state index in [0.29, 0.717) is 6.61 Å². The fraction of sp³-hybridized carbons (Fsp3) is 0.444. The SMILES string of the molecule is CC(C)OC(=O)OCCN1CCN(CCCN2c3ccccc3C=Cc3ccccc32)CC1. The van der Waals surface area contributed by atoms with Crippen molar-refractivity contribution in [1.29, 1.82) is 0 Å². The van der Waals surface area contributed by atoms with Gasteiger partial charge in [0.25, 0.3) is 0 Å². The Morgan fingerprint density at radius 2 is 1.36 bits per heavy atom. The van der Waals surface area contributed by atoms with E-state index >= 15 is 0 Å². The zero-order chi connectivity index (χ0) is 23.0. The Kier molecular flexibility index (Phi) is 8.02. The fourth-order valence-electron chi connectivity index (χ4n) is 4.47. The summed E-state index contributed by atoms with van der Waals surface area (Å²) < 4.78 is 10.2. The van der Waals surface area contributed by atoms with Crippen LogP contribution in [0.3, 0.4) is 0 Å². The number of ether oxygens (including phenoxy) is 2. The smallest absolute Gasteiger partial charge is 0.433 e. The lowest BCUT2D eigenvalue weighted by molar-refractivity contribution is 0.0250. The monoisotopic (exact) mass is 449 g/mol. The lowest BCUT2D eigenvalue weighted by Crippen LogP contribution is -2.47. The molecule has 0 unspecified atom stereocenters. The third-order valence-corrected chi connectivity index (χ3v) is 6.18. The van der Waals surface area contributed by atoms with Crippen LogP contribution in [0.2, 0.25) is 0 Å². The van der Waals surface area contributed by atoms with Crippen LogP contribution in [0.25, 0.3) is 12.2 Å². The van der Waals surface area contributed by atoms with E-state index in [1.54, 1.807) is 0 Å². The molecule has 4 rings (SSSR count). The molecule has 33 heavy (non-hydrogen) atoms. The Morgan fingerprint density at radius 3 is 1.94 bits per heavy atom. The van der Waals surface area contributed by atoms with Crippen molar-refractivity contribution in [3.05, 3.63) is 59.7 Å². The van der Waals surface area contributed by atoms with E-state index < -0.39 is 6.16 Å². The third kappa shape index (κ3) is 6.36. The topological polar surface area (TPSA) is 45.3 Å². The first kappa shape index (κ1) is 23.3. The van der Waals surface area contributed by atoms with Gasteiger partial charge in [-0.2, -0.15) is 0 Å². The van der Waals surface area contributed by atoms with Gasteiger partial charge in [0.2, 0.25) is 0 Å². The quantitative estimate of drug-likeness (QED) is 0.536. The van der Waals surface area contributed by atoms with Gasteiger partial charge in [-0.3, -0.25) is 4.90 Å². The molecule has 2 aromatic carbocycles. The Bertz CT molecular complexity index is 902. The average Bonchev–Trinajstić information content (AvgIpc) is 2.97. The molecule has 0 N–H and O–H groups in total. The van der Waals surface area contributed by atoms with Gasteiger partial charge in [0, 0.05) is 50.6 Å². The minimum Gasteiger partial charge on any atom is -0.433 e. The maximum absolute atomic E-state index is 11.5. The molecule has 0 radical (unpaired) electrons. The molecular weight excluding hydrogens is 414 g/mol. The Labute approximate surface area is 197 Å². The predicted octanol–water partition coefficient (Wildman–Crippen LogP) is 4.88. The van der Waals surface area contributed by atoms with Crippen molar-refractivity contribution in [2.75, 3.05) is 57.3 Å². The van der Waals surface area contributed by atoms with Crippen molar-refractivity contribution < 1.29 is 14.3 Å². The van der Waals surface area contributed by atoms with Crippen LogP contribution in [0.1, 0.15) is 31.4 Å². The Hall–Kier alpha value is -2.83. The van der Waals surface area contributed by atoms with E-state index in [4.69, 9.17) is 9.47 Å². The highest BCUT2D eigenvalue weighted by Crippen LogP contribution is 2.36. The second-order valence-corrected chi connectivity index (χ2v) is 8.90. The molecule has 0 bridgehead atoms. The molecule has 2 aliphatic rings. The molecule has 0 aliphatic carbocycles. The summed E-state index contributed by atoms with van der Waals surface area (Å²) >= 11 is 0. The summed E-state index contributed by atoms with van der Waals surface area (Å²) in [7, 11) is 0. The minimum atomic E-state index is -0.574. The molecule has 0 saturated carbocycles. The number of carbonyl (C=O) groups is 1. The molecule has 0 spiro atoms. The molecule has 6 heteroatoms. The van der Waals surface area contributed by atoms with Crippen LogP contribution >= 0.6 is 0 Å². The molecule has 1 fully saturated rings. The molecular formula is C27H35N3O3. The first-order chi connectivity index (χ1) is 16.1. The predicted molar refractivity (Wildman–Crippen MR) is 134 cm³/mol. The number of hydrogen-bond donors (Lipinski definition) is 0. The number of rotatable bonds is 8. The van der Waals surface area contributed by atoms with Gasteiger partial charge in [0.05, 0.1) is 6.10 Å². The molecule has 0 atom stereocenters. The number of anilines is 2.